The summed E-state index contributed by atoms with van der Waals surface area (Å²) in [5, 5.41) is 83.1. The predicted octanol–water partition coefficient (Wildman–Crippen LogP) is 0.920. The van der Waals surface area contributed by atoms with Gasteiger partial charge in [0.05, 0.1) is 13.1 Å². The molecule has 5 atom stereocenters. The molecule has 2 aromatic rings. The first-order valence-electron chi connectivity index (χ1n) is 29.5. The molecule has 8 amide bonds. The van der Waals surface area contributed by atoms with Gasteiger partial charge in [0.1, 0.15) is 30.2 Å². The molecule has 0 aromatic heterocycles. The molecule has 0 heterocycles. The van der Waals surface area contributed by atoms with Crippen LogP contribution in [-0.4, -0.2) is 175 Å². The molecule has 0 aliphatic rings. The fraction of sp³-hybridized carbons (Fsp3) is 0.534. The van der Waals surface area contributed by atoms with Crippen molar-refractivity contribution in [1.29, 1.82) is 0 Å². The van der Waals surface area contributed by atoms with Gasteiger partial charge in [0.25, 0.3) is 11.8 Å². The molecule has 34 heteroatoms. The molecule has 23 N–H and O–H groups in total. The van der Waals surface area contributed by atoms with Crippen LogP contribution in [-0.2, 0) is 56.2 Å². The van der Waals surface area contributed by atoms with Crippen LogP contribution < -0.4 is 65.5 Å². The fourth-order valence-electron chi connectivity index (χ4n) is 8.46. The molecule has 2 rings (SSSR count). The molecule has 0 saturated heterocycles. The molecule has 92 heavy (non-hydrogen) atoms. The van der Waals surface area contributed by atoms with E-state index >= 15 is 0 Å². The van der Waals surface area contributed by atoms with Crippen molar-refractivity contribution in [3.63, 3.8) is 0 Å². The van der Waals surface area contributed by atoms with Crippen LogP contribution in [0.3, 0.4) is 0 Å². The van der Waals surface area contributed by atoms with Crippen molar-refractivity contribution in [3.05, 3.63) is 69.8 Å². The Morgan fingerprint density at radius 3 is 1.02 bits per heavy atom. The lowest BCUT2D eigenvalue weighted by atomic mass is 10.0. The third-order valence-corrected chi connectivity index (χ3v) is 13.6. The zero-order valence-electron chi connectivity index (χ0n) is 51.5. The Morgan fingerprint density at radius 1 is 0.391 bits per heavy atom. The highest BCUT2D eigenvalue weighted by Gasteiger charge is 2.27. The Balaban J connectivity index is 0.00000197. The Kier molecular flexibility index (Phi) is 38.3. The number of aliphatic imine (C=N–C) groups is 2. The van der Waals surface area contributed by atoms with Crippen molar-refractivity contribution in [2.75, 3.05) is 19.6 Å². The van der Waals surface area contributed by atoms with Crippen molar-refractivity contribution in [2.45, 2.75) is 179 Å². The second kappa shape index (κ2) is 44.2. The lowest BCUT2D eigenvalue weighted by molar-refractivity contribution is -0.142. The fourth-order valence-corrected chi connectivity index (χ4v) is 8.46. The molecule has 1 unspecified atom stereocenters. The lowest BCUT2D eigenvalue weighted by Crippen LogP contribution is -2.51. The van der Waals surface area contributed by atoms with E-state index in [9.17, 15) is 77.6 Å². The van der Waals surface area contributed by atoms with Crippen LogP contribution >= 0.6 is 0 Å². The van der Waals surface area contributed by atoms with E-state index < -0.39 is 96.9 Å². The number of hydrogen-bond donors (Lipinski definition) is 19. The zero-order valence-corrected chi connectivity index (χ0v) is 51.5. The van der Waals surface area contributed by atoms with E-state index in [0.29, 0.717) is 95.0 Å². The number of aryl methyl sites for hydroxylation is 2. The second-order valence-electron chi connectivity index (χ2n) is 21.2. The number of nitrogens with zero attached hydrogens (tertiary/aromatic N) is 2. The number of unbranched alkanes of at least 4 members (excludes halogenated alkanes) is 6. The summed E-state index contributed by atoms with van der Waals surface area (Å²) in [4.78, 5) is 160. The van der Waals surface area contributed by atoms with E-state index in [1.54, 1.807) is 36.4 Å². The van der Waals surface area contributed by atoms with Crippen LogP contribution in [0.1, 0.15) is 166 Å². The van der Waals surface area contributed by atoms with Crippen LogP contribution in [0.15, 0.2) is 46.4 Å². The summed E-state index contributed by atoms with van der Waals surface area (Å²) >= 11 is 0. The highest BCUT2D eigenvalue weighted by atomic mass is 16.4. The van der Waals surface area contributed by atoms with Gasteiger partial charge in [0, 0.05) is 57.9 Å². The average Bonchev–Trinajstić information content (AvgIpc) is 1.78. The number of nitrogens with one attached hydrogen (secondary N) is 8. The predicted molar refractivity (Wildman–Crippen MR) is 333 cm³/mol. The van der Waals surface area contributed by atoms with Crippen molar-refractivity contribution < 1.29 is 99.5 Å². The zero-order chi connectivity index (χ0) is 69.3. The minimum atomic E-state index is -1.50. The molecule has 0 aliphatic heterocycles. The largest absolute Gasteiger partial charge is 0.481 e. The summed E-state index contributed by atoms with van der Waals surface area (Å²) in [5.74, 6) is -10.4. The monoisotopic (exact) mass is 1300 g/mol. The van der Waals surface area contributed by atoms with Gasteiger partial charge in [-0.2, -0.15) is 0 Å². The Hall–Kier alpha value is -10.3. The first kappa shape index (κ1) is 79.7. The van der Waals surface area contributed by atoms with Gasteiger partial charge in [-0.3, -0.25) is 28.8 Å². The Labute approximate surface area is 531 Å². The standard InChI is InChI=1S/C36H56N8O12.C22H32N6O8.H2/c1-22-20-23(14-15-24(22)21-41-35(37)38)31(49)40-19-9-7-10-25(32(50)51)42-29(46)13-5-3-2-4-12-28(45)39-18-8-6-11-26(33(52)53)43-36(56)44-27(34(54)55)16-17-30(47)48;1-12-10-13(5-6-14(12)11-26-21(23)24)18(31)25-9-3-2-4-15(19(32)33)27-22(36)28-16(20(34)35)7-8-17(29)30;/h14-15,20,25-27H,2-13,16-19,21H2,1H3,(H,39,45)(H,40,49)(H,42,46)(H,47,48)(H,50,51)(H,52,53)(H,54,55)(H4,37,38,41)(H2,43,44,56);5-6,10,15-16H,2-4,7-9,11H2,1H3,(H,25,31)(H,29,30)(H,32,33)(H,34,35)(H4,23,24,26)(H2,27,28,36);1H/t25?,26-,27-;15-,16-;/m00./s1. The molecular weight excluding hydrogens is 1210 g/mol. The van der Waals surface area contributed by atoms with Crippen LogP contribution in [0.4, 0.5) is 9.59 Å². The summed E-state index contributed by atoms with van der Waals surface area (Å²) in [6.07, 6.45) is 3.79. The minimum Gasteiger partial charge on any atom is -0.481 e. The number of amides is 8. The number of urea groups is 2. The minimum absolute atomic E-state index is 0. The third-order valence-electron chi connectivity index (χ3n) is 13.6. The van der Waals surface area contributed by atoms with Gasteiger partial charge in [-0.25, -0.2) is 43.5 Å². The van der Waals surface area contributed by atoms with E-state index in [-0.39, 0.29) is 95.0 Å². The maximum atomic E-state index is 12.5. The van der Waals surface area contributed by atoms with E-state index in [1.807, 2.05) is 13.8 Å². The number of guanidine groups is 2. The maximum Gasteiger partial charge on any atom is 0.326 e. The van der Waals surface area contributed by atoms with Crippen molar-refractivity contribution >= 4 is 89.4 Å². The van der Waals surface area contributed by atoms with E-state index in [1.165, 1.54) is 0 Å². The topological polar surface area (TPSA) is 589 Å². The van der Waals surface area contributed by atoms with Crippen LogP contribution in [0.25, 0.3) is 0 Å². The second-order valence-corrected chi connectivity index (χ2v) is 21.2. The normalized spacial score (nSPS) is 12.2. The van der Waals surface area contributed by atoms with Crippen molar-refractivity contribution in [3.8, 4) is 0 Å². The van der Waals surface area contributed by atoms with Gasteiger partial charge in [-0.1, -0.05) is 25.0 Å². The van der Waals surface area contributed by atoms with Gasteiger partial charge in [0.2, 0.25) is 11.8 Å². The van der Waals surface area contributed by atoms with Crippen molar-refractivity contribution in [2.24, 2.45) is 32.9 Å². The number of carboxylic acid groups (broad SMARTS) is 7. The molecule has 0 radical (unpaired) electrons. The quantitative estimate of drug-likeness (QED) is 0.0249. The molecule has 0 saturated carbocycles. The molecule has 0 fully saturated rings. The first-order valence-corrected chi connectivity index (χ1v) is 29.5. The number of hydrogen-bond acceptors (Lipinski definition) is 15. The van der Waals surface area contributed by atoms with E-state index in [4.69, 9.17) is 43.4 Å². The number of benzene rings is 2. The molecule has 0 spiro atoms. The lowest BCUT2D eigenvalue weighted by Gasteiger charge is -2.18. The van der Waals surface area contributed by atoms with E-state index in [0.717, 1.165) is 22.3 Å². The number of carbonyl (C=O) groups excluding carboxylic acids is 6. The smallest absolute Gasteiger partial charge is 0.326 e. The molecule has 512 valence electrons. The average molecular weight is 1300 g/mol. The number of aliphatic carboxylic acids is 7. The third kappa shape index (κ3) is 36.2. The van der Waals surface area contributed by atoms with Crippen LogP contribution in [0.5, 0.6) is 0 Å². The van der Waals surface area contributed by atoms with E-state index in [2.05, 4.69) is 52.5 Å². The van der Waals surface area contributed by atoms with Gasteiger partial charge in [0.15, 0.2) is 11.9 Å². The van der Waals surface area contributed by atoms with Gasteiger partial charge in [-0.05, 0) is 144 Å². The highest BCUT2D eigenvalue weighted by Crippen LogP contribution is 2.15. The Bertz CT molecular complexity index is 2910. The summed E-state index contributed by atoms with van der Waals surface area (Å²) in [6.45, 7) is 5.15. The highest BCUT2D eigenvalue weighted by molar-refractivity contribution is 5.95. The molecular formula is C58H90N14O20. The summed E-state index contributed by atoms with van der Waals surface area (Å²) in [7, 11) is 0. The summed E-state index contributed by atoms with van der Waals surface area (Å²) in [5.41, 5.74) is 25.8. The number of carboxylic acids is 7. The van der Waals surface area contributed by atoms with Gasteiger partial charge >= 0.3 is 53.8 Å². The van der Waals surface area contributed by atoms with Crippen LogP contribution in [0, 0.1) is 13.8 Å². The Morgan fingerprint density at radius 2 is 0.707 bits per heavy atom. The molecule has 0 bridgehead atoms. The van der Waals surface area contributed by atoms with Crippen LogP contribution in [0.2, 0.25) is 0 Å². The molecule has 34 nitrogen and oxygen atoms in total. The van der Waals surface area contributed by atoms with Gasteiger partial charge in [-0.15, -0.1) is 0 Å². The number of rotatable bonds is 44. The molecule has 0 aliphatic carbocycles. The number of carbonyl (C=O) groups is 13. The number of nitrogens with two attached hydrogens (primary N) is 4. The molecule has 2 aromatic carbocycles. The first-order chi connectivity index (χ1) is 43.4. The maximum absolute atomic E-state index is 12.5. The van der Waals surface area contributed by atoms with Crippen molar-refractivity contribution in [1.82, 2.24) is 42.5 Å². The summed E-state index contributed by atoms with van der Waals surface area (Å²) in [6, 6.07) is 1.54. The SMILES string of the molecule is Cc1cc(C(=O)NCCCCC(NC(=O)CCCCCCC(=O)NCCCC[C@H](NC(=O)N[C@@H](CCC(=O)O)C(=O)O)C(=O)O)C(=O)O)ccc1CN=C(N)N.Cc1cc(C(=O)NCCCC[C@H](NC(=O)N[C@@H](CCC(=O)O)C(=O)O)C(=O)O)ccc1CN=C(N)N.[HH]. The van der Waals surface area contributed by atoms with Gasteiger partial charge < -0.3 is 101 Å². The summed E-state index contributed by atoms with van der Waals surface area (Å²) < 4.78 is 0.